The number of hydrogen-bond donors (Lipinski definition) is 1. The molecule has 1 N–H and O–H groups in total. The summed E-state index contributed by atoms with van der Waals surface area (Å²) >= 11 is 0. The van der Waals surface area contributed by atoms with E-state index in [1.807, 2.05) is 16.9 Å². The summed E-state index contributed by atoms with van der Waals surface area (Å²) in [5.41, 5.74) is 2.20. The number of aryl methyl sites for hydroxylation is 2. The number of hydrogen-bond acceptors (Lipinski definition) is 3. The largest absolute Gasteiger partial charge is 0.396 e. The Balaban J connectivity index is 1.78. The summed E-state index contributed by atoms with van der Waals surface area (Å²) in [5, 5.41) is 16.8. The topological polar surface area (TPSA) is 50.9 Å². The zero-order valence-corrected chi connectivity index (χ0v) is 9.79. The molecular formula is C13H17N3O. The van der Waals surface area contributed by atoms with Crippen LogP contribution in [0.5, 0.6) is 0 Å². The van der Waals surface area contributed by atoms with E-state index in [9.17, 15) is 0 Å². The molecule has 17 heavy (non-hydrogen) atoms. The van der Waals surface area contributed by atoms with E-state index < -0.39 is 0 Å². The van der Waals surface area contributed by atoms with Crippen LogP contribution in [0.25, 0.3) is 0 Å². The smallest absolute Gasteiger partial charge is 0.0849 e. The first-order valence-electron chi connectivity index (χ1n) is 5.92. The van der Waals surface area contributed by atoms with Crippen LogP contribution in [-0.4, -0.2) is 26.7 Å². The fourth-order valence-corrected chi connectivity index (χ4v) is 1.77. The second kappa shape index (κ2) is 6.15. The average molecular weight is 231 g/mol. The van der Waals surface area contributed by atoms with Gasteiger partial charge in [-0.15, -0.1) is 5.10 Å². The molecule has 4 heteroatoms. The van der Waals surface area contributed by atoms with Gasteiger partial charge in [-0.1, -0.05) is 35.5 Å². The summed E-state index contributed by atoms with van der Waals surface area (Å²) in [5.74, 6) is 0. The van der Waals surface area contributed by atoms with Crippen LogP contribution >= 0.6 is 0 Å². The average Bonchev–Trinajstić information content (AvgIpc) is 2.79. The number of benzene rings is 1. The molecule has 0 spiro atoms. The second-order valence-electron chi connectivity index (χ2n) is 4.04. The third-order valence-electron chi connectivity index (χ3n) is 2.65. The van der Waals surface area contributed by atoms with E-state index in [2.05, 4.69) is 34.6 Å². The van der Waals surface area contributed by atoms with E-state index in [-0.39, 0.29) is 6.61 Å². The van der Waals surface area contributed by atoms with Gasteiger partial charge < -0.3 is 5.11 Å². The maximum atomic E-state index is 8.78. The highest BCUT2D eigenvalue weighted by Gasteiger charge is 1.99. The predicted molar refractivity (Wildman–Crippen MR) is 65.6 cm³/mol. The minimum Gasteiger partial charge on any atom is -0.396 e. The van der Waals surface area contributed by atoms with Gasteiger partial charge in [-0.05, 0) is 18.4 Å². The van der Waals surface area contributed by atoms with E-state index in [1.165, 1.54) is 5.56 Å². The maximum absolute atomic E-state index is 8.78. The predicted octanol–water partition coefficient (Wildman–Crippen LogP) is 1.45. The minimum absolute atomic E-state index is 0.128. The molecule has 0 atom stereocenters. The molecule has 4 nitrogen and oxygen atoms in total. The van der Waals surface area contributed by atoms with E-state index in [0.717, 1.165) is 25.1 Å². The molecule has 0 aliphatic rings. The molecule has 0 aliphatic heterocycles. The SMILES string of the molecule is OCCc1cn(CCCc2ccccc2)nn1. The molecular weight excluding hydrogens is 214 g/mol. The van der Waals surface area contributed by atoms with Crippen molar-refractivity contribution in [2.75, 3.05) is 6.61 Å². The van der Waals surface area contributed by atoms with E-state index in [0.29, 0.717) is 6.42 Å². The van der Waals surface area contributed by atoms with Gasteiger partial charge in [0.25, 0.3) is 0 Å². The van der Waals surface area contributed by atoms with Crippen molar-refractivity contribution in [2.45, 2.75) is 25.8 Å². The van der Waals surface area contributed by atoms with Crippen molar-refractivity contribution in [2.24, 2.45) is 0 Å². The lowest BCUT2D eigenvalue weighted by molar-refractivity contribution is 0.298. The van der Waals surface area contributed by atoms with Gasteiger partial charge in [-0.3, -0.25) is 4.68 Å². The third-order valence-corrected chi connectivity index (χ3v) is 2.65. The molecule has 0 aliphatic carbocycles. The third kappa shape index (κ3) is 3.67. The van der Waals surface area contributed by atoms with Crippen LogP contribution in [0.3, 0.4) is 0 Å². The first kappa shape index (κ1) is 11.8. The number of aliphatic hydroxyl groups excluding tert-OH is 1. The Morgan fingerprint density at radius 3 is 2.71 bits per heavy atom. The number of nitrogens with zero attached hydrogens (tertiary/aromatic N) is 3. The fourth-order valence-electron chi connectivity index (χ4n) is 1.77. The van der Waals surface area contributed by atoms with Crippen molar-refractivity contribution < 1.29 is 5.11 Å². The van der Waals surface area contributed by atoms with Crippen molar-refractivity contribution in [3.63, 3.8) is 0 Å². The van der Waals surface area contributed by atoms with Gasteiger partial charge in [-0.25, -0.2) is 0 Å². The van der Waals surface area contributed by atoms with Gasteiger partial charge >= 0.3 is 0 Å². The van der Waals surface area contributed by atoms with E-state index in [4.69, 9.17) is 5.11 Å². The van der Waals surface area contributed by atoms with Crippen molar-refractivity contribution in [1.82, 2.24) is 15.0 Å². The highest BCUT2D eigenvalue weighted by atomic mass is 16.3. The molecule has 0 bridgehead atoms. The number of aliphatic hydroxyl groups is 1. The quantitative estimate of drug-likeness (QED) is 0.818. The Morgan fingerprint density at radius 1 is 1.12 bits per heavy atom. The Hall–Kier alpha value is -1.68. The molecule has 0 fully saturated rings. The van der Waals surface area contributed by atoms with Crippen molar-refractivity contribution >= 4 is 0 Å². The normalized spacial score (nSPS) is 10.6. The molecule has 2 aromatic rings. The summed E-state index contributed by atoms with van der Waals surface area (Å²) < 4.78 is 1.84. The van der Waals surface area contributed by atoms with Crippen molar-refractivity contribution in [3.8, 4) is 0 Å². The highest BCUT2D eigenvalue weighted by molar-refractivity contribution is 5.14. The molecule has 90 valence electrons. The Morgan fingerprint density at radius 2 is 1.94 bits per heavy atom. The van der Waals surface area contributed by atoms with Crippen LogP contribution in [0.4, 0.5) is 0 Å². The zero-order chi connectivity index (χ0) is 11.9. The Bertz CT molecular complexity index is 439. The van der Waals surface area contributed by atoms with Crippen LogP contribution in [0.2, 0.25) is 0 Å². The van der Waals surface area contributed by atoms with Crippen LogP contribution in [0.15, 0.2) is 36.5 Å². The fraction of sp³-hybridized carbons (Fsp3) is 0.385. The second-order valence-corrected chi connectivity index (χ2v) is 4.04. The number of aromatic nitrogens is 3. The lowest BCUT2D eigenvalue weighted by Crippen LogP contribution is -2.00. The zero-order valence-electron chi connectivity index (χ0n) is 9.79. The highest BCUT2D eigenvalue weighted by Crippen LogP contribution is 2.04. The van der Waals surface area contributed by atoms with Crippen LogP contribution in [0, 0.1) is 0 Å². The standard InChI is InChI=1S/C13H17N3O/c17-10-8-13-11-16(15-14-13)9-4-7-12-5-2-1-3-6-12/h1-3,5-6,11,17H,4,7-10H2. The summed E-state index contributed by atoms with van der Waals surface area (Å²) in [6, 6.07) is 10.4. The van der Waals surface area contributed by atoms with Gasteiger partial charge in [0.05, 0.1) is 5.69 Å². The monoisotopic (exact) mass is 231 g/mol. The molecule has 0 saturated carbocycles. The van der Waals surface area contributed by atoms with E-state index >= 15 is 0 Å². The Kier molecular flexibility index (Phi) is 4.27. The van der Waals surface area contributed by atoms with Gasteiger partial charge in [0.15, 0.2) is 0 Å². The Labute approximate surface area is 101 Å². The molecule has 1 aromatic heterocycles. The summed E-state index contributed by atoms with van der Waals surface area (Å²) in [6.45, 7) is 0.996. The first-order valence-corrected chi connectivity index (χ1v) is 5.92. The molecule has 2 rings (SSSR count). The van der Waals surface area contributed by atoms with Crippen molar-refractivity contribution in [3.05, 3.63) is 47.8 Å². The van der Waals surface area contributed by atoms with Crippen molar-refractivity contribution in [1.29, 1.82) is 0 Å². The maximum Gasteiger partial charge on any atom is 0.0849 e. The lowest BCUT2D eigenvalue weighted by Gasteiger charge is -2.01. The summed E-state index contributed by atoms with van der Waals surface area (Å²) in [4.78, 5) is 0. The van der Waals surface area contributed by atoms with Gasteiger partial charge in [0.1, 0.15) is 0 Å². The van der Waals surface area contributed by atoms with Crippen LogP contribution in [0.1, 0.15) is 17.7 Å². The van der Waals surface area contributed by atoms with Crippen LogP contribution < -0.4 is 0 Å². The first-order chi connectivity index (χ1) is 8.38. The molecule has 0 unspecified atom stereocenters. The van der Waals surface area contributed by atoms with Crippen LogP contribution in [-0.2, 0) is 19.4 Å². The number of rotatable bonds is 6. The molecule has 0 saturated heterocycles. The molecule has 1 aromatic carbocycles. The minimum atomic E-state index is 0.128. The van der Waals surface area contributed by atoms with E-state index in [1.54, 1.807) is 0 Å². The molecule has 0 amide bonds. The lowest BCUT2D eigenvalue weighted by atomic mass is 10.1. The summed E-state index contributed by atoms with van der Waals surface area (Å²) in [6.07, 6.45) is 4.59. The summed E-state index contributed by atoms with van der Waals surface area (Å²) in [7, 11) is 0. The van der Waals surface area contributed by atoms with Gasteiger partial charge in [0.2, 0.25) is 0 Å². The van der Waals surface area contributed by atoms with Gasteiger partial charge in [0, 0.05) is 25.8 Å². The molecule has 1 heterocycles. The molecule has 0 radical (unpaired) electrons. The van der Waals surface area contributed by atoms with Gasteiger partial charge in [-0.2, -0.15) is 0 Å².